The topological polar surface area (TPSA) is 50.2 Å². The van der Waals surface area contributed by atoms with E-state index in [9.17, 15) is 4.79 Å². The summed E-state index contributed by atoms with van der Waals surface area (Å²) in [7, 11) is 0. The molecule has 0 spiro atoms. The molecule has 3 rings (SSSR count). The summed E-state index contributed by atoms with van der Waals surface area (Å²) in [4.78, 5) is 16.9. The van der Waals surface area contributed by atoms with Gasteiger partial charge in [-0.15, -0.1) is 0 Å². The number of aryl methyl sites for hydroxylation is 2. The molecule has 102 valence electrons. The van der Waals surface area contributed by atoms with Crippen LogP contribution in [0.2, 0.25) is 0 Å². The van der Waals surface area contributed by atoms with E-state index in [4.69, 9.17) is 0 Å². The van der Waals surface area contributed by atoms with Crippen LogP contribution in [-0.4, -0.2) is 14.6 Å². The normalized spacial score (nSPS) is 11.2. The second-order valence-electron chi connectivity index (χ2n) is 5.06. The lowest BCUT2D eigenvalue weighted by Gasteiger charge is -2.01. The van der Waals surface area contributed by atoms with Crippen molar-refractivity contribution >= 4 is 5.65 Å². The standard InChI is InChI=1S/C16H17N3O/c1-4-13-11(3)17-15-9-14(18-19(15)16(13)20)12-7-5-10(2)6-8-12/h5-9,18H,4H2,1-3H3. The van der Waals surface area contributed by atoms with E-state index in [0.29, 0.717) is 12.1 Å². The van der Waals surface area contributed by atoms with E-state index in [-0.39, 0.29) is 5.56 Å². The van der Waals surface area contributed by atoms with Gasteiger partial charge in [0.1, 0.15) is 0 Å². The first-order chi connectivity index (χ1) is 9.60. The first kappa shape index (κ1) is 12.7. The molecule has 0 amide bonds. The minimum absolute atomic E-state index is 0.00615. The summed E-state index contributed by atoms with van der Waals surface area (Å²) in [6, 6.07) is 10.1. The van der Waals surface area contributed by atoms with Crippen molar-refractivity contribution in [3.8, 4) is 11.3 Å². The second kappa shape index (κ2) is 4.63. The van der Waals surface area contributed by atoms with E-state index in [1.54, 1.807) is 0 Å². The van der Waals surface area contributed by atoms with E-state index in [0.717, 1.165) is 22.5 Å². The number of aromatic nitrogens is 3. The number of aromatic amines is 1. The number of nitrogens with zero attached hydrogens (tertiary/aromatic N) is 2. The zero-order valence-electron chi connectivity index (χ0n) is 11.9. The quantitative estimate of drug-likeness (QED) is 0.776. The lowest BCUT2D eigenvalue weighted by atomic mass is 10.1. The van der Waals surface area contributed by atoms with Gasteiger partial charge in [-0.25, -0.2) is 9.50 Å². The molecule has 0 radical (unpaired) electrons. The third kappa shape index (κ3) is 1.93. The van der Waals surface area contributed by atoms with Crippen molar-refractivity contribution in [3.63, 3.8) is 0 Å². The molecule has 0 saturated heterocycles. The van der Waals surface area contributed by atoms with Crippen LogP contribution in [-0.2, 0) is 6.42 Å². The third-order valence-corrected chi connectivity index (χ3v) is 3.63. The SMILES string of the molecule is CCc1c(C)nc2cc(-c3ccc(C)cc3)[nH]n2c1=O. The molecular formula is C16H17N3O. The largest absolute Gasteiger partial charge is 0.289 e. The number of benzene rings is 1. The molecule has 1 aromatic carbocycles. The predicted octanol–water partition coefficient (Wildman–Crippen LogP) is 2.87. The van der Waals surface area contributed by atoms with Crippen LogP contribution in [0.25, 0.3) is 16.9 Å². The Morgan fingerprint density at radius 1 is 1.20 bits per heavy atom. The summed E-state index contributed by atoms with van der Waals surface area (Å²) in [5.41, 5.74) is 5.41. The van der Waals surface area contributed by atoms with Gasteiger partial charge in [0.2, 0.25) is 0 Å². The molecule has 2 heterocycles. The molecule has 4 heteroatoms. The highest BCUT2D eigenvalue weighted by Gasteiger charge is 2.11. The van der Waals surface area contributed by atoms with E-state index in [1.165, 1.54) is 10.1 Å². The van der Waals surface area contributed by atoms with Gasteiger partial charge in [-0.2, -0.15) is 0 Å². The minimum Gasteiger partial charge on any atom is -0.289 e. The summed E-state index contributed by atoms with van der Waals surface area (Å²) in [6.07, 6.45) is 0.694. The van der Waals surface area contributed by atoms with E-state index < -0.39 is 0 Å². The Morgan fingerprint density at radius 3 is 2.55 bits per heavy atom. The van der Waals surface area contributed by atoms with Crippen LogP contribution in [0.3, 0.4) is 0 Å². The fourth-order valence-electron chi connectivity index (χ4n) is 2.46. The van der Waals surface area contributed by atoms with Gasteiger partial charge in [-0.3, -0.25) is 9.89 Å². The van der Waals surface area contributed by atoms with E-state index >= 15 is 0 Å². The van der Waals surface area contributed by atoms with Crippen molar-refractivity contribution in [2.45, 2.75) is 27.2 Å². The summed E-state index contributed by atoms with van der Waals surface area (Å²) >= 11 is 0. The van der Waals surface area contributed by atoms with Gasteiger partial charge in [0.15, 0.2) is 5.65 Å². The lowest BCUT2D eigenvalue weighted by Crippen LogP contribution is -2.21. The molecule has 0 unspecified atom stereocenters. The minimum atomic E-state index is -0.00615. The summed E-state index contributed by atoms with van der Waals surface area (Å²) in [6.45, 7) is 5.92. The van der Waals surface area contributed by atoms with Crippen molar-refractivity contribution in [3.05, 3.63) is 57.5 Å². The average Bonchev–Trinajstić information content (AvgIpc) is 2.84. The molecule has 1 N–H and O–H groups in total. The highest BCUT2D eigenvalue weighted by molar-refractivity contribution is 5.64. The van der Waals surface area contributed by atoms with Gasteiger partial charge >= 0.3 is 0 Å². The molecule has 0 fully saturated rings. The highest BCUT2D eigenvalue weighted by Crippen LogP contribution is 2.19. The molecule has 0 aliphatic carbocycles. The molecule has 3 aromatic rings. The van der Waals surface area contributed by atoms with Crippen LogP contribution in [0.4, 0.5) is 0 Å². The summed E-state index contributed by atoms with van der Waals surface area (Å²) in [5.74, 6) is 0. The second-order valence-corrected chi connectivity index (χ2v) is 5.06. The van der Waals surface area contributed by atoms with Crippen LogP contribution < -0.4 is 5.56 Å². The summed E-state index contributed by atoms with van der Waals surface area (Å²) < 4.78 is 1.53. The van der Waals surface area contributed by atoms with Gasteiger partial charge in [-0.1, -0.05) is 36.8 Å². The fraction of sp³-hybridized carbons (Fsp3) is 0.250. The zero-order chi connectivity index (χ0) is 14.3. The molecule has 0 bridgehead atoms. The number of hydrogen-bond acceptors (Lipinski definition) is 2. The smallest absolute Gasteiger partial charge is 0.276 e. The van der Waals surface area contributed by atoms with E-state index in [2.05, 4.69) is 29.1 Å². The van der Waals surface area contributed by atoms with Gasteiger partial charge < -0.3 is 0 Å². The van der Waals surface area contributed by atoms with Crippen molar-refractivity contribution < 1.29 is 0 Å². The first-order valence-corrected chi connectivity index (χ1v) is 6.78. The molecular weight excluding hydrogens is 250 g/mol. The number of fused-ring (bicyclic) bond motifs is 1. The average molecular weight is 267 g/mol. The van der Waals surface area contributed by atoms with Gasteiger partial charge in [0.25, 0.3) is 5.56 Å². The first-order valence-electron chi connectivity index (χ1n) is 6.78. The van der Waals surface area contributed by atoms with Gasteiger partial charge in [-0.05, 0) is 25.8 Å². The van der Waals surface area contributed by atoms with Crippen LogP contribution in [0.1, 0.15) is 23.7 Å². The van der Waals surface area contributed by atoms with Crippen molar-refractivity contribution in [2.24, 2.45) is 0 Å². The Labute approximate surface area is 117 Å². The van der Waals surface area contributed by atoms with Crippen molar-refractivity contribution in [2.75, 3.05) is 0 Å². The van der Waals surface area contributed by atoms with Crippen LogP contribution >= 0.6 is 0 Å². The Balaban J connectivity index is 2.23. The lowest BCUT2D eigenvalue weighted by molar-refractivity contribution is 0.856. The zero-order valence-corrected chi connectivity index (χ0v) is 11.9. The Bertz CT molecular complexity index is 825. The van der Waals surface area contributed by atoms with Crippen molar-refractivity contribution in [1.29, 1.82) is 0 Å². The highest BCUT2D eigenvalue weighted by atomic mass is 16.1. The van der Waals surface area contributed by atoms with Crippen LogP contribution in [0.15, 0.2) is 35.1 Å². The predicted molar refractivity (Wildman–Crippen MR) is 80.1 cm³/mol. The monoisotopic (exact) mass is 267 g/mol. The van der Waals surface area contributed by atoms with E-state index in [1.807, 2.05) is 32.0 Å². The fourth-order valence-corrected chi connectivity index (χ4v) is 2.46. The molecule has 4 nitrogen and oxygen atoms in total. The Kier molecular flexibility index (Phi) is 2.93. The summed E-state index contributed by atoms with van der Waals surface area (Å²) in [5, 5.41) is 3.14. The number of rotatable bonds is 2. The molecule has 0 aliphatic rings. The van der Waals surface area contributed by atoms with Crippen LogP contribution in [0, 0.1) is 13.8 Å². The Hall–Kier alpha value is -2.36. The van der Waals surface area contributed by atoms with Crippen molar-refractivity contribution in [1.82, 2.24) is 14.6 Å². The molecule has 0 aliphatic heterocycles. The molecule has 20 heavy (non-hydrogen) atoms. The van der Waals surface area contributed by atoms with Gasteiger partial charge in [0, 0.05) is 17.3 Å². The molecule has 2 aromatic heterocycles. The maximum Gasteiger partial charge on any atom is 0.276 e. The number of hydrogen-bond donors (Lipinski definition) is 1. The number of nitrogens with one attached hydrogen (secondary N) is 1. The molecule has 0 atom stereocenters. The van der Waals surface area contributed by atoms with Gasteiger partial charge in [0.05, 0.1) is 5.69 Å². The maximum absolute atomic E-state index is 12.4. The van der Waals surface area contributed by atoms with Crippen LogP contribution in [0.5, 0.6) is 0 Å². The molecule has 0 saturated carbocycles. The Morgan fingerprint density at radius 2 is 1.90 bits per heavy atom. The third-order valence-electron chi connectivity index (χ3n) is 3.63. The maximum atomic E-state index is 12.4. The number of H-pyrrole nitrogens is 1.